The molecule has 0 aliphatic carbocycles. The zero-order valence-corrected chi connectivity index (χ0v) is 15.5. The fourth-order valence-corrected chi connectivity index (χ4v) is 3.44. The van der Waals surface area contributed by atoms with E-state index in [1.54, 1.807) is 29.7 Å². The Kier molecular flexibility index (Phi) is 5.03. The van der Waals surface area contributed by atoms with Crippen molar-refractivity contribution in [2.24, 2.45) is 0 Å². The van der Waals surface area contributed by atoms with Gasteiger partial charge in [-0.15, -0.1) is 0 Å². The van der Waals surface area contributed by atoms with Crippen molar-refractivity contribution in [3.8, 4) is 0 Å². The first kappa shape index (κ1) is 18.4. The Morgan fingerprint density at radius 2 is 1.81 bits per heavy atom. The van der Waals surface area contributed by atoms with E-state index in [0.717, 1.165) is 16.7 Å². The summed E-state index contributed by atoms with van der Waals surface area (Å²) in [6, 6.07) is 12.6. The first-order valence-corrected chi connectivity index (χ1v) is 8.82. The number of nitrogens with zero attached hydrogens (tertiary/aromatic N) is 1. The zero-order valence-electron chi connectivity index (χ0n) is 14.8. The predicted octanol–water partition coefficient (Wildman–Crippen LogP) is 3.32. The minimum atomic E-state index is -0.654. The Hall–Kier alpha value is -2.37. The van der Waals surface area contributed by atoms with E-state index in [2.05, 4.69) is 0 Å². The molecular weight excluding hydrogens is 352 g/mol. The van der Waals surface area contributed by atoms with Crippen molar-refractivity contribution >= 4 is 23.4 Å². The third-order valence-corrected chi connectivity index (χ3v) is 5.22. The molecule has 6 heteroatoms. The lowest BCUT2D eigenvalue weighted by molar-refractivity contribution is -0.137. The van der Waals surface area contributed by atoms with Crippen LogP contribution in [0.5, 0.6) is 0 Å². The molecule has 0 bridgehead atoms. The highest BCUT2D eigenvalue weighted by molar-refractivity contribution is 6.30. The van der Waals surface area contributed by atoms with Crippen LogP contribution in [-0.4, -0.2) is 28.5 Å². The van der Waals surface area contributed by atoms with Gasteiger partial charge in [-0.1, -0.05) is 29.8 Å². The summed E-state index contributed by atoms with van der Waals surface area (Å²) >= 11 is 5.95. The lowest BCUT2D eigenvalue weighted by atomic mass is 9.82. The average molecular weight is 373 g/mol. The maximum atomic E-state index is 13.1. The summed E-state index contributed by atoms with van der Waals surface area (Å²) in [5.41, 5.74) is 4.37. The molecule has 0 spiro atoms. The average Bonchev–Trinajstić information content (AvgIpc) is 2.66. The van der Waals surface area contributed by atoms with Crippen molar-refractivity contribution in [2.75, 3.05) is 6.54 Å². The van der Waals surface area contributed by atoms with Crippen molar-refractivity contribution in [2.45, 2.75) is 32.2 Å². The van der Waals surface area contributed by atoms with Crippen LogP contribution in [0.3, 0.4) is 0 Å². The van der Waals surface area contributed by atoms with Crippen LogP contribution in [0.2, 0.25) is 5.02 Å². The topological polar surface area (TPSA) is 69.6 Å². The van der Waals surface area contributed by atoms with Crippen LogP contribution in [0, 0.1) is 0 Å². The number of hydrogen-bond donors (Lipinski definition) is 2. The molecule has 0 unspecified atom stereocenters. The predicted molar refractivity (Wildman–Crippen MR) is 99.3 cm³/mol. The van der Waals surface area contributed by atoms with E-state index in [4.69, 9.17) is 16.8 Å². The van der Waals surface area contributed by atoms with E-state index in [-0.39, 0.29) is 5.91 Å². The van der Waals surface area contributed by atoms with Gasteiger partial charge in [0.1, 0.15) is 0 Å². The lowest BCUT2D eigenvalue weighted by Crippen LogP contribution is -2.45. The van der Waals surface area contributed by atoms with Crippen LogP contribution in [-0.2, 0) is 23.2 Å². The van der Waals surface area contributed by atoms with Crippen LogP contribution in [0.4, 0.5) is 0 Å². The normalized spacial score (nSPS) is 13.9. The number of rotatable bonds is 3. The molecule has 2 N–H and O–H groups in total. The maximum Gasteiger partial charge on any atom is 0.274 e. The van der Waals surface area contributed by atoms with Gasteiger partial charge in [0.25, 0.3) is 5.91 Å². The number of carbonyl (C=O) groups is 2. The van der Waals surface area contributed by atoms with Crippen LogP contribution in [0.1, 0.15) is 40.9 Å². The molecule has 0 saturated heterocycles. The van der Waals surface area contributed by atoms with E-state index < -0.39 is 11.3 Å². The number of benzene rings is 2. The summed E-state index contributed by atoms with van der Waals surface area (Å²) in [6.45, 7) is 4.94. The molecule has 0 aromatic heterocycles. The van der Waals surface area contributed by atoms with E-state index in [1.165, 1.54) is 0 Å². The Balaban J connectivity index is 1.80. The molecule has 2 amide bonds. The van der Waals surface area contributed by atoms with Crippen molar-refractivity contribution < 1.29 is 14.8 Å². The van der Waals surface area contributed by atoms with E-state index >= 15 is 0 Å². The first-order valence-electron chi connectivity index (χ1n) is 8.44. The summed E-state index contributed by atoms with van der Waals surface area (Å²) in [4.78, 5) is 26.5. The number of hydrogen-bond acceptors (Lipinski definition) is 3. The van der Waals surface area contributed by atoms with Gasteiger partial charge in [-0.05, 0) is 61.2 Å². The summed E-state index contributed by atoms with van der Waals surface area (Å²) in [6.07, 6.45) is 0.671. The second-order valence-electron chi connectivity index (χ2n) is 7.03. The molecule has 1 aliphatic rings. The van der Waals surface area contributed by atoms with Crippen molar-refractivity contribution in [1.29, 1.82) is 0 Å². The zero-order chi connectivity index (χ0) is 18.9. The monoisotopic (exact) mass is 372 g/mol. The second kappa shape index (κ2) is 7.09. The molecular formula is C20H21ClN2O3. The van der Waals surface area contributed by atoms with E-state index in [0.29, 0.717) is 30.1 Å². The quantitative estimate of drug-likeness (QED) is 0.641. The van der Waals surface area contributed by atoms with Gasteiger partial charge < -0.3 is 4.90 Å². The van der Waals surface area contributed by atoms with Crippen molar-refractivity contribution in [3.63, 3.8) is 0 Å². The van der Waals surface area contributed by atoms with Gasteiger partial charge in [-0.25, -0.2) is 5.48 Å². The molecule has 0 atom stereocenters. The highest BCUT2D eigenvalue weighted by atomic mass is 35.5. The Morgan fingerprint density at radius 3 is 2.46 bits per heavy atom. The molecule has 0 saturated carbocycles. The number of hydroxylamine groups is 1. The SMILES string of the molecule is CC(C)(C(=O)N1CCc2cc(C(=O)NO)ccc2C1)c1ccc(Cl)cc1. The molecule has 2 aromatic carbocycles. The van der Waals surface area contributed by atoms with Gasteiger partial charge >= 0.3 is 0 Å². The smallest absolute Gasteiger partial charge is 0.274 e. The molecule has 136 valence electrons. The maximum absolute atomic E-state index is 13.1. The van der Waals surface area contributed by atoms with Gasteiger partial charge in [-0.3, -0.25) is 14.8 Å². The molecule has 3 rings (SSSR count). The summed E-state index contributed by atoms with van der Waals surface area (Å²) < 4.78 is 0. The molecule has 0 fully saturated rings. The van der Waals surface area contributed by atoms with Crippen LogP contribution in [0.15, 0.2) is 42.5 Å². The molecule has 5 nitrogen and oxygen atoms in total. The van der Waals surface area contributed by atoms with Crippen molar-refractivity contribution in [3.05, 3.63) is 69.7 Å². The number of nitrogens with one attached hydrogen (secondary N) is 1. The van der Waals surface area contributed by atoms with Crippen LogP contribution >= 0.6 is 11.6 Å². The van der Waals surface area contributed by atoms with Gasteiger partial charge in [0.2, 0.25) is 5.91 Å². The summed E-state index contributed by atoms with van der Waals surface area (Å²) in [7, 11) is 0. The highest BCUT2D eigenvalue weighted by Crippen LogP contribution is 2.30. The Labute approximate surface area is 157 Å². The number of fused-ring (bicyclic) bond motifs is 1. The lowest BCUT2D eigenvalue weighted by Gasteiger charge is -2.35. The van der Waals surface area contributed by atoms with Gasteiger partial charge in [0.15, 0.2) is 0 Å². The first-order chi connectivity index (χ1) is 12.3. The molecule has 0 radical (unpaired) electrons. The summed E-state index contributed by atoms with van der Waals surface area (Å²) in [5.74, 6) is -0.474. The third kappa shape index (κ3) is 3.45. The minimum absolute atomic E-state index is 0.0580. The van der Waals surface area contributed by atoms with Gasteiger partial charge in [0, 0.05) is 23.7 Å². The second-order valence-corrected chi connectivity index (χ2v) is 7.47. The third-order valence-electron chi connectivity index (χ3n) is 4.97. The fraction of sp³-hybridized carbons (Fsp3) is 0.300. The van der Waals surface area contributed by atoms with Gasteiger partial charge in [-0.2, -0.15) is 0 Å². The summed E-state index contributed by atoms with van der Waals surface area (Å²) in [5, 5.41) is 9.41. The van der Waals surface area contributed by atoms with Gasteiger partial charge in [0.05, 0.1) is 5.41 Å². The standard InChI is InChI=1S/C20H21ClN2O3/c1-20(2,16-5-7-17(21)8-6-16)19(25)23-10-9-13-11-14(18(24)22-26)3-4-15(13)12-23/h3-8,11,26H,9-10,12H2,1-2H3,(H,22,24). The molecule has 1 aliphatic heterocycles. The fourth-order valence-electron chi connectivity index (χ4n) is 3.32. The number of amides is 2. The molecule has 2 aromatic rings. The van der Waals surface area contributed by atoms with E-state index in [9.17, 15) is 9.59 Å². The Morgan fingerprint density at radius 1 is 1.12 bits per heavy atom. The van der Waals surface area contributed by atoms with Crippen LogP contribution < -0.4 is 5.48 Å². The van der Waals surface area contributed by atoms with Crippen molar-refractivity contribution in [1.82, 2.24) is 10.4 Å². The molecule has 26 heavy (non-hydrogen) atoms. The minimum Gasteiger partial charge on any atom is -0.337 e. The highest BCUT2D eigenvalue weighted by Gasteiger charge is 2.35. The largest absolute Gasteiger partial charge is 0.337 e. The van der Waals surface area contributed by atoms with Crippen LogP contribution in [0.25, 0.3) is 0 Å². The Bertz CT molecular complexity index is 847. The molecule has 1 heterocycles. The number of carbonyl (C=O) groups excluding carboxylic acids is 2. The van der Waals surface area contributed by atoms with E-state index in [1.807, 2.05) is 36.9 Å². The number of halogens is 1.